The fourth-order valence-corrected chi connectivity index (χ4v) is 0.978. The zero-order chi connectivity index (χ0) is 11.0. The molecule has 0 aliphatic rings. The molecule has 0 atom stereocenters. The molecule has 0 amide bonds. The van der Waals surface area contributed by atoms with Crippen LogP contribution in [-0.2, 0) is 9.59 Å². The third-order valence-electron chi connectivity index (χ3n) is 1.82. The van der Waals surface area contributed by atoms with E-state index in [0.717, 1.165) is 6.42 Å². The van der Waals surface area contributed by atoms with Crippen LogP contribution in [0.3, 0.4) is 0 Å². The monoisotopic (exact) mass is 194 g/mol. The summed E-state index contributed by atoms with van der Waals surface area (Å²) in [5, 5.41) is 0. The van der Waals surface area contributed by atoms with E-state index in [1.54, 1.807) is 6.08 Å². The smallest absolute Gasteiger partial charge is 0.155 e. The minimum atomic E-state index is 0.0950. The number of ketones is 2. The van der Waals surface area contributed by atoms with Gasteiger partial charge in [-0.3, -0.25) is 9.59 Å². The molecule has 0 rings (SSSR count). The van der Waals surface area contributed by atoms with E-state index in [-0.39, 0.29) is 11.6 Å². The SMILES string of the molecule is C=C(C=CC(=O)CCC)CC(=O)CC. The van der Waals surface area contributed by atoms with Gasteiger partial charge in [-0.05, 0) is 18.1 Å². The van der Waals surface area contributed by atoms with Gasteiger partial charge in [0.1, 0.15) is 5.78 Å². The van der Waals surface area contributed by atoms with Gasteiger partial charge in [-0.1, -0.05) is 26.5 Å². The lowest BCUT2D eigenvalue weighted by molar-refractivity contribution is -0.118. The molecule has 0 unspecified atom stereocenters. The van der Waals surface area contributed by atoms with E-state index in [1.165, 1.54) is 6.08 Å². The van der Waals surface area contributed by atoms with Crippen molar-refractivity contribution in [2.45, 2.75) is 39.5 Å². The maximum absolute atomic E-state index is 11.1. The largest absolute Gasteiger partial charge is 0.299 e. The van der Waals surface area contributed by atoms with Gasteiger partial charge in [0.25, 0.3) is 0 Å². The fourth-order valence-electron chi connectivity index (χ4n) is 0.978. The normalized spacial score (nSPS) is 10.4. The van der Waals surface area contributed by atoms with Crippen LogP contribution in [0.5, 0.6) is 0 Å². The second kappa shape index (κ2) is 7.25. The molecule has 14 heavy (non-hydrogen) atoms. The van der Waals surface area contributed by atoms with E-state index in [2.05, 4.69) is 6.58 Å². The number of carbonyl (C=O) groups excluding carboxylic acids is 2. The predicted molar refractivity (Wildman–Crippen MR) is 58.1 cm³/mol. The van der Waals surface area contributed by atoms with Gasteiger partial charge >= 0.3 is 0 Å². The van der Waals surface area contributed by atoms with Crippen molar-refractivity contribution < 1.29 is 9.59 Å². The highest BCUT2D eigenvalue weighted by atomic mass is 16.1. The quantitative estimate of drug-likeness (QED) is 0.461. The third kappa shape index (κ3) is 6.35. The molecule has 0 aromatic heterocycles. The van der Waals surface area contributed by atoms with Gasteiger partial charge in [0.2, 0.25) is 0 Å². The molecule has 0 spiro atoms. The maximum Gasteiger partial charge on any atom is 0.155 e. The molecule has 2 heteroatoms. The Morgan fingerprint density at radius 2 is 1.86 bits per heavy atom. The fraction of sp³-hybridized carbons (Fsp3) is 0.500. The molecule has 0 bridgehead atoms. The summed E-state index contributed by atoms with van der Waals surface area (Å²) in [5.41, 5.74) is 0.710. The van der Waals surface area contributed by atoms with Gasteiger partial charge in [0, 0.05) is 19.3 Å². The minimum absolute atomic E-state index is 0.0950. The van der Waals surface area contributed by atoms with Crippen molar-refractivity contribution in [1.29, 1.82) is 0 Å². The highest BCUT2D eigenvalue weighted by Gasteiger charge is 1.99. The van der Waals surface area contributed by atoms with Crippen molar-refractivity contribution in [3.05, 3.63) is 24.3 Å². The summed E-state index contributed by atoms with van der Waals surface area (Å²) in [6.07, 6.45) is 5.44. The van der Waals surface area contributed by atoms with Gasteiger partial charge in [-0.15, -0.1) is 0 Å². The molecule has 0 fully saturated rings. The van der Waals surface area contributed by atoms with Gasteiger partial charge in [0.15, 0.2) is 5.78 Å². The van der Waals surface area contributed by atoms with Crippen molar-refractivity contribution in [3.8, 4) is 0 Å². The first-order chi connectivity index (χ1) is 6.60. The summed E-state index contributed by atoms with van der Waals surface area (Å²) in [6.45, 7) is 7.50. The molecule has 0 heterocycles. The number of hydrogen-bond acceptors (Lipinski definition) is 2. The molecule has 0 saturated heterocycles. The Hall–Kier alpha value is -1.18. The van der Waals surface area contributed by atoms with Crippen LogP contribution in [0.4, 0.5) is 0 Å². The molecule has 0 N–H and O–H groups in total. The summed E-state index contributed by atoms with van der Waals surface area (Å²) in [6, 6.07) is 0. The summed E-state index contributed by atoms with van der Waals surface area (Å²) in [7, 11) is 0. The van der Waals surface area contributed by atoms with Crippen molar-refractivity contribution >= 4 is 11.6 Å². The number of rotatable bonds is 7. The van der Waals surface area contributed by atoms with Crippen LogP contribution in [0.25, 0.3) is 0 Å². The van der Waals surface area contributed by atoms with Crippen LogP contribution in [0.2, 0.25) is 0 Å². The molecule has 0 saturated carbocycles. The molecule has 0 aliphatic carbocycles. The summed E-state index contributed by atoms with van der Waals surface area (Å²) < 4.78 is 0. The Balaban J connectivity index is 3.93. The van der Waals surface area contributed by atoms with E-state index in [0.29, 0.717) is 24.8 Å². The Morgan fingerprint density at radius 1 is 1.21 bits per heavy atom. The summed E-state index contributed by atoms with van der Waals surface area (Å²) in [5.74, 6) is 0.250. The summed E-state index contributed by atoms with van der Waals surface area (Å²) in [4.78, 5) is 22.1. The van der Waals surface area contributed by atoms with Crippen LogP contribution < -0.4 is 0 Å². The molecular formula is C12H18O2. The molecule has 0 radical (unpaired) electrons. The molecule has 0 aliphatic heterocycles. The van der Waals surface area contributed by atoms with Crippen molar-refractivity contribution in [2.24, 2.45) is 0 Å². The second-order valence-corrected chi connectivity index (χ2v) is 3.28. The average Bonchev–Trinajstić information content (AvgIpc) is 2.15. The topological polar surface area (TPSA) is 34.1 Å². The maximum atomic E-state index is 11.1. The third-order valence-corrected chi connectivity index (χ3v) is 1.82. The molecule has 0 aromatic carbocycles. The second-order valence-electron chi connectivity index (χ2n) is 3.28. The van der Waals surface area contributed by atoms with Crippen molar-refractivity contribution in [1.82, 2.24) is 0 Å². The average molecular weight is 194 g/mol. The van der Waals surface area contributed by atoms with Crippen LogP contribution in [0, 0.1) is 0 Å². The Labute approximate surface area is 85.7 Å². The van der Waals surface area contributed by atoms with E-state index in [4.69, 9.17) is 0 Å². The van der Waals surface area contributed by atoms with Gasteiger partial charge in [0.05, 0.1) is 0 Å². The van der Waals surface area contributed by atoms with E-state index in [9.17, 15) is 9.59 Å². The number of hydrogen-bond donors (Lipinski definition) is 0. The van der Waals surface area contributed by atoms with Crippen LogP contribution >= 0.6 is 0 Å². The predicted octanol–water partition coefficient (Wildman–Crippen LogP) is 2.84. The first kappa shape index (κ1) is 12.8. The Kier molecular flexibility index (Phi) is 6.63. The van der Waals surface area contributed by atoms with Gasteiger partial charge in [-0.2, -0.15) is 0 Å². The molecular weight excluding hydrogens is 176 g/mol. The molecule has 2 nitrogen and oxygen atoms in total. The standard InChI is InChI=1S/C12H18O2/c1-4-6-12(14)8-7-10(3)9-11(13)5-2/h7-8H,3-6,9H2,1-2H3. The van der Waals surface area contributed by atoms with E-state index >= 15 is 0 Å². The van der Waals surface area contributed by atoms with E-state index in [1.807, 2.05) is 13.8 Å². The first-order valence-electron chi connectivity index (χ1n) is 5.00. The van der Waals surface area contributed by atoms with Crippen molar-refractivity contribution in [2.75, 3.05) is 0 Å². The van der Waals surface area contributed by atoms with Gasteiger partial charge in [-0.25, -0.2) is 0 Å². The van der Waals surface area contributed by atoms with Gasteiger partial charge < -0.3 is 0 Å². The zero-order valence-corrected chi connectivity index (χ0v) is 9.01. The van der Waals surface area contributed by atoms with Crippen LogP contribution in [-0.4, -0.2) is 11.6 Å². The number of allylic oxidation sites excluding steroid dienone is 3. The van der Waals surface area contributed by atoms with Crippen LogP contribution in [0.15, 0.2) is 24.3 Å². The lowest BCUT2D eigenvalue weighted by Gasteiger charge is -1.96. The Morgan fingerprint density at radius 3 is 2.36 bits per heavy atom. The Bertz CT molecular complexity index is 249. The molecule has 78 valence electrons. The van der Waals surface area contributed by atoms with Crippen LogP contribution in [0.1, 0.15) is 39.5 Å². The lowest BCUT2D eigenvalue weighted by Crippen LogP contribution is -1.96. The highest BCUT2D eigenvalue weighted by molar-refractivity contribution is 5.90. The molecule has 0 aromatic rings. The first-order valence-corrected chi connectivity index (χ1v) is 5.00. The minimum Gasteiger partial charge on any atom is -0.299 e. The van der Waals surface area contributed by atoms with E-state index < -0.39 is 0 Å². The zero-order valence-electron chi connectivity index (χ0n) is 9.01. The van der Waals surface area contributed by atoms with Crippen molar-refractivity contribution in [3.63, 3.8) is 0 Å². The number of Topliss-reactive ketones (excluding diaryl/α,β-unsaturated/α-hetero) is 1. The number of carbonyl (C=O) groups is 2. The lowest BCUT2D eigenvalue weighted by atomic mass is 10.1. The highest BCUT2D eigenvalue weighted by Crippen LogP contribution is 2.03. The summed E-state index contributed by atoms with van der Waals surface area (Å²) >= 11 is 0.